The predicted octanol–water partition coefficient (Wildman–Crippen LogP) is 2.94. The molecule has 2 aromatic carbocycles. The third-order valence-electron chi connectivity index (χ3n) is 5.47. The SMILES string of the molecule is CN(C(=O)Cc1ccc(-n2cnnc2)cc1)C1CCCN(c2ccccc2)C1. The molecule has 1 amide bonds. The summed E-state index contributed by atoms with van der Waals surface area (Å²) in [6, 6.07) is 18.7. The molecule has 6 heteroatoms. The van der Waals surface area contributed by atoms with Crippen LogP contribution in [0.4, 0.5) is 5.69 Å². The second-order valence-corrected chi connectivity index (χ2v) is 7.29. The van der Waals surface area contributed by atoms with Crippen LogP contribution in [-0.4, -0.2) is 51.8 Å². The first-order valence-electron chi connectivity index (χ1n) is 9.70. The van der Waals surface area contributed by atoms with Gasteiger partial charge in [-0.2, -0.15) is 0 Å². The summed E-state index contributed by atoms with van der Waals surface area (Å²) in [5, 5.41) is 7.64. The highest BCUT2D eigenvalue weighted by Gasteiger charge is 2.26. The van der Waals surface area contributed by atoms with E-state index in [1.54, 1.807) is 12.7 Å². The number of hydrogen-bond acceptors (Lipinski definition) is 4. The van der Waals surface area contributed by atoms with E-state index in [1.165, 1.54) is 5.69 Å². The van der Waals surface area contributed by atoms with Crippen molar-refractivity contribution in [3.63, 3.8) is 0 Å². The zero-order chi connectivity index (χ0) is 19.3. The van der Waals surface area contributed by atoms with Gasteiger partial charge < -0.3 is 9.80 Å². The number of likely N-dealkylation sites (N-methyl/N-ethyl adjacent to an activating group) is 1. The summed E-state index contributed by atoms with van der Waals surface area (Å²) in [5.74, 6) is 0.164. The molecule has 1 aliphatic rings. The highest BCUT2D eigenvalue weighted by Crippen LogP contribution is 2.22. The summed E-state index contributed by atoms with van der Waals surface area (Å²) in [5.41, 5.74) is 3.24. The molecule has 0 saturated carbocycles. The normalized spacial score (nSPS) is 16.8. The molecule has 0 spiro atoms. The molecule has 1 unspecified atom stereocenters. The van der Waals surface area contributed by atoms with Crippen molar-refractivity contribution in [3.8, 4) is 5.69 Å². The molecule has 144 valence electrons. The number of nitrogens with zero attached hydrogens (tertiary/aromatic N) is 5. The molecule has 1 fully saturated rings. The van der Waals surface area contributed by atoms with Crippen LogP contribution in [0.25, 0.3) is 5.69 Å². The minimum absolute atomic E-state index is 0.164. The van der Waals surface area contributed by atoms with E-state index in [-0.39, 0.29) is 11.9 Å². The Hall–Kier alpha value is -3.15. The molecular weight excluding hydrogens is 350 g/mol. The molecule has 1 saturated heterocycles. The lowest BCUT2D eigenvalue weighted by Crippen LogP contribution is -2.49. The minimum atomic E-state index is 0.164. The van der Waals surface area contributed by atoms with Gasteiger partial charge in [0.25, 0.3) is 0 Å². The molecule has 4 rings (SSSR count). The van der Waals surface area contributed by atoms with Crippen LogP contribution >= 0.6 is 0 Å². The van der Waals surface area contributed by atoms with Gasteiger partial charge in [-0.1, -0.05) is 30.3 Å². The van der Waals surface area contributed by atoms with Gasteiger partial charge in [0.15, 0.2) is 0 Å². The Morgan fingerprint density at radius 3 is 2.46 bits per heavy atom. The van der Waals surface area contributed by atoms with E-state index in [0.29, 0.717) is 6.42 Å². The van der Waals surface area contributed by atoms with Gasteiger partial charge in [-0.25, -0.2) is 0 Å². The van der Waals surface area contributed by atoms with E-state index >= 15 is 0 Å². The number of carbonyl (C=O) groups is 1. The van der Waals surface area contributed by atoms with Crippen LogP contribution in [0.5, 0.6) is 0 Å². The van der Waals surface area contributed by atoms with Gasteiger partial charge in [0, 0.05) is 37.6 Å². The zero-order valence-corrected chi connectivity index (χ0v) is 16.1. The fourth-order valence-corrected chi connectivity index (χ4v) is 3.77. The number of rotatable bonds is 5. The van der Waals surface area contributed by atoms with Crippen molar-refractivity contribution in [1.29, 1.82) is 0 Å². The number of carbonyl (C=O) groups excluding carboxylic acids is 1. The molecule has 6 nitrogen and oxygen atoms in total. The van der Waals surface area contributed by atoms with Gasteiger partial charge in [-0.3, -0.25) is 9.36 Å². The minimum Gasteiger partial charge on any atom is -0.369 e. The fourth-order valence-electron chi connectivity index (χ4n) is 3.77. The molecule has 1 aliphatic heterocycles. The molecule has 0 bridgehead atoms. The molecule has 0 radical (unpaired) electrons. The number of benzene rings is 2. The smallest absolute Gasteiger partial charge is 0.227 e. The number of piperidine rings is 1. The standard InChI is InChI=1S/C22H25N5O/c1-25(21-8-5-13-26(15-21)19-6-3-2-4-7-19)22(28)14-18-9-11-20(12-10-18)27-16-23-24-17-27/h2-4,6-7,9-12,16-17,21H,5,8,13-15H2,1H3. The topological polar surface area (TPSA) is 54.3 Å². The van der Waals surface area contributed by atoms with Crippen LogP contribution in [0.3, 0.4) is 0 Å². The van der Waals surface area contributed by atoms with Crippen molar-refractivity contribution in [2.24, 2.45) is 0 Å². The fraction of sp³-hybridized carbons (Fsp3) is 0.318. The maximum absolute atomic E-state index is 12.9. The van der Waals surface area contributed by atoms with Crippen LogP contribution in [0.2, 0.25) is 0 Å². The quantitative estimate of drug-likeness (QED) is 0.688. The summed E-state index contributed by atoms with van der Waals surface area (Å²) < 4.78 is 1.85. The summed E-state index contributed by atoms with van der Waals surface area (Å²) in [7, 11) is 1.94. The van der Waals surface area contributed by atoms with E-state index in [9.17, 15) is 4.79 Å². The Morgan fingerprint density at radius 2 is 1.75 bits per heavy atom. The predicted molar refractivity (Wildman–Crippen MR) is 110 cm³/mol. The molecular formula is C22H25N5O. The van der Waals surface area contributed by atoms with Crippen molar-refractivity contribution < 1.29 is 4.79 Å². The van der Waals surface area contributed by atoms with Gasteiger partial charge in [-0.15, -0.1) is 10.2 Å². The van der Waals surface area contributed by atoms with Crippen molar-refractivity contribution >= 4 is 11.6 Å². The van der Waals surface area contributed by atoms with E-state index in [4.69, 9.17) is 0 Å². The first kappa shape index (κ1) is 18.2. The lowest BCUT2D eigenvalue weighted by molar-refractivity contribution is -0.131. The molecule has 0 N–H and O–H groups in total. The Bertz CT molecular complexity index is 892. The van der Waals surface area contributed by atoms with Gasteiger partial charge in [-0.05, 0) is 42.7 Å². The number of amides is 1. The third kappa shape index (κ3) is 4.06. The Morgan fingerprint density at radius 1 is 1.04 bits per heavy atom. The average molecular weight is 375 g/mol. The molecule has 28 heavy (non-hydrogen) atoms. The summed E-state index contributed by atoms with van der Waals surface area (Å²) >= 11 is 0. The van der Waals surface area contributed by atoms with Crippen molar-refractivity contribution in [1.82, 2.24) is 19.7 Å². The van der Waals surface area contributed by atoms with Gasteiger partial charge in [0.05, 0.1) is 6.42 Å². The summed E-state index contributed by atoms with van der Waals surface area (Å²) in [6.07, 6.45) is 5.90. The van der Waals surface area contributed by atoms with Gasteiger partial charge in [0.1, 0.15) is 12.7 Å². The van der Waals surface area contributed by atoms with Crippen molar-refractivity contribution in [2.75, 3.05) is 25.0 Å². The molecule has 1 atom stereocenters. The third-order valence-corrected chi connectivity index (χ3v) is 5.47. The molecule has 0 aliphatic carbocycles. The first-order chi connectivity index (χ1) is 13.7. The second kappa shape index (κ2) is 8.25. The molecule has 2 heterocycles. The number of hydrogen-bond donors (Lipinski definition) is 0. The largest absolute Gasteiger partial charge is 0.369 e. The van der Waals surface area contributed by atoms with Crippen LogP contribution < -0.4 is 4.90 Å². The van der Waals surface area contributed by atoms with E-state index in [2.05, 4.69) is 39.4 Å². The van der Waals surface area contributed by atoms with Crippen molar-refractivity contribution in [2.45, 2.75) is 25.3 Å². The van der Waals surface area contributed by atoms with Crippen molar-refractivity contribution in [3.05, 3.63) is 72.8 Å². The zero-order valence-electron chi connectivity index (χ0n) is 16.1. The Balaban J connectivity index is 1.37. The molecule has 1 aromatic heterocycles. The van der Waals surface area contributed by atoms with E-state index in [1.807, 2.05) is 46.8 Å². The van der Waals surface area contributed by atoms with E-state index < -0.39 is 0 Å². The summed E-state index contributed by atoms with van der Waals surface area (Å²) in [6.45, 7) is 1.94. The maximum atomic E-state index is 12.9. The van der Waals surface area contributed by atoms with Crippen LogP contribution in [0, 0.1) is 0 Å². The maximum Gasteiger partial charge on any atom is 0.227 e. The lowest BCUT2D eigenvalue weighted by atomic mass is 10.0. The van der Waals surface area contributed by atoms with E-state index in [0.717, 1.165) is 37.2 Å². The van der Waals surface area contributed by atoms with Gasteiger partial charge >= 0.3 is 0 Å². The highest BCUT2D eigenvalue weighted by molar-refractivity contribution is 5.79. The molecule has 3 aromatic rings. The van der Waals surface area contributed by atoms with Crippen LogP contribution in [-0.2, 0) is 11.2 Å². The monoisotopic (exact) mass is 375 g/mol. The lowest BCUT2D eigenvalue weighted by Gasteiger charge is -2.39. The summed E-state index contributed by atoms with van der Waals surface area (Å²) in [4.78, 5) is 17.2. The number of anilines is 1. The Kier molecular flexibility index (Phi) is 5.37. The Labute approximate surface area is 165 Å². The first-order valence-corrected chi connectivity index (χ1v) is 9.70. The van der Waals surface area contributed by atoms with Gasteiger partial charge in [0.2, 0.25) is 5.91 Å². The van der Waals surface area contributed by atoms with Crippen LogP contribution in [0.1, 0.15) is 18.4 Å². The number of aromatic nitrogens is 3. The number of para-hydroxylation sites is 1. The highest BCUT2D eigenvalue weighted by atomic mass is 16.2. The average Bonchev–Trinajstić information content (AvgIpc) is 3.29. The second-order valence-electron chi connectivity index (χ2n) is 7.29. The van der Waals surface area contributed by atoms with Crippen LogP contribution in [0.15, 0.2) is 67.3 Å².